The summed E-state index contributed by atoms with van der Waals surface area (Å²) in [5.74, 6) is 0.656. The topological polar surface area (TPSA) is 25.8 Å². The molecule has 2 nitrogen and oxygen atoms in total. The van der Waals surface area contributed by atoms with Crippen molar-refractivity contribution in [1.29, 1.82) is 0 Å². The van der Waals surface area contributed by atoms with Gasteiger partial charge in [-0.25, -0.2) is 9.97 Å². The number of hydrogen-bond donors (Lipinski definition) is 0. The summed E-state index contributed by atoms with van der Waals surface area (Å²) < 4.78 is 0. The second kappa shape index (κ2) is 4.15. The highest BCUT2D eigenvalue weighted by atomic mass is 35.5. The van der Waals surface area contributed by atoms with Gasteiger partial charge in [0.2, 0.25) is 0 Å². The molecule has 0 aliphatic rings. The maximum atomic E-state index is 5.86. The number of benzene rings is 2. The first-order chi connectivity index (χ1) is 8.33. The predicted molar refractivity (Wildman–Crippen MR) is 70.0 cm³/mol. The molecule has 82 valence electrons. The molecule has 1 aromatic heterocycles. The molecule has 0 unspecified atom stereocenters. The lowest BCUT2D eigenvalue weighted by atomic mass is 10.1. The van der Waals surface area contributed by atoms with Crippen LogP contribution in [0, 0.1) is 0 Å². The smallest absolute Gasteiger partial charge is 0.160 e. The van der Waals surface area contributed by atoms with Gasteiger partial charge in [-0.05, 0) is 22.9 Å². The SMILES string of the molecule is Clc1ccnc(-c2ccc3ccccc3c2)n1. The Kier molecular flexibility index (Phi) is 2.50. The van der Waals surface area contributed by atoms with E-state index in [4.69, 9.17) is 11.6 Å². The highest BCUT2D eigenvalue weighted by Crippen LogP contribution is 2.22. The Morgan fingerprint density at radius 3 is 2.53 bits per heavy atom. The zero-order valence-corrected chi connectivity index (χ0v) is 9.72. The number of fused-ring (bicyclic) bond motifs is 1. The van der Waals surface area contributed by atoms with Crippen molar-refractivity contribution in [1.82, 2.24) is 9.97 Å². The van der Waals surface area contributed by atoms with Crippen molar-refractivity contribution in [2.45, 2.75) is 0 Å². The third kappa shape index (κ3) is 1.99. The summed E-state index contributed by atoms with van der Waals surface area (Å²) in [6.07, 6.45) is 1.67. The van der Waals surface area contributed by atoms with Gasteiger partial charge in [0.15, 0.2) is 5.82 Å². The van der Waals surface area contributed by atoms with E-state index < -0.39 is 0 Å². The van der Waals surface area contributed by atoms with Gasteiger partial charge in [0, 0.05) is 11.8 Å². The van der Waals surface area contributed by atoms with Crippen molar-refractivity contribution >= 4 is 22.4 Å². The van der Waals surface area contributed by atoms with Crippen LogP contribution in [-0.4, -0.2) is 9.97 Å². The van der Waals surface area contributed by atoms with Crippen molar-refractivity contribution in [3.8, 4) is 11.4 Å². The number of aromatic nitrogens is 2. The Balaban J connectivity index is 2.18. The third-order valence-corrected chi connectivity index (χ3v) is 2.84. The largest absolute Gasteiger partial charge is 0.236 e. The molecule has 0 spiro atoms. The van der Waals surface area contributed by atoms with E-state index in [0.29, 0.717) is 11.0 Å². The highest BCUT2D eigenvalue weighted by molar-refractivity contribution is 6.29. The van der Waals surface area contributed by atoms with E-state index in [-0.39, 0.29) is 0 Å². The van der Waals surface area contributed by atoms with Crippen LogP contribution in [-0.2, 0) is 0 Å². The van der Waals surface area contributed by atoms with Gasteiger partial charge in [0.25, 0.3) is 0 Å². The average molecular weight is 241 g/mol. The summed E-state index contributed by atoms with van der Waals surface area (Å²) in [6, 6.07) is 16.0. The number of hydrogen-bond acceptors (Lipinski definition) is 2. The van der Waals surface area contributed by atoms with E-state index >= 15 is 0 Å². The molecule has 0 N–H and O–H groups in total. The molecule has 0 saturated carbocycles. The summed E-state index contributed by atoms with van der Waals surface area (Å²) in [5, 5.41) is 2.84. The van der Waals surface area contributed by atoms with Crippen LogP contribution in [0.4, 0.5) is 0 Å². The Morgan fingerprint density at radius 2 is 1.71 bits per heavy atom. The summed E-state index contributed by atoms with van der Waals surface area (Å²) in [4.78, 5) is 8.43. The van der Waals surface area contributed by atoms with Crippen LogP contribution in [0.1, 0.15) is 0 Å². The standard InChI is InChI=1S/C14H9ClN2/c15-13-7-8-16-14(17-13)12-6-5-10-3-1-2-4-11(10)9-12/h1-9H. The van der Waals surface area contributed by atoms with Gasteiger partial charge in [-0.15, -0.1) is 0 Å². The molecule has 0 aliphatic heterocycles. The van der Waals surface area contributed by atoms with Gasteiger partial charge in [0.05, 0.1) is 0 Å². The number of halogens is 1. The minimum absolute atomic E-state index is 0.461. The fourth-order valence-corrected chi connectivity index (χ4v) is 1.94. The zero-order chi connectivity index (χ0) is 11.7. The molecule has 17 heavy (non-hydrogen) atoms. The van der Waals surface area contributed by atoms with Crippen LogP contribution in [0.15, 0.2) is 54.7 Å². The van der Waals surface area contributed by atoms with E-state index in [1.54, 1.807) is 12.3 Å². The Labute approximate surface area is 104 Å². The maximum Gasteiger partial charge on any atom is 0.160 e. The molecule has 0 aliphatic carbocycles. The van der Waals surface area contributed by atoms with Crippen molar-refractivity contribution in [2.24, 2.45) is 0 Å². The molecular weight excluding hydrogens is 232 g/mol. The van der Waals surface area contributed by atoms with Crippen LogP contribution in [0.3, 0.4) is 0 Å². The van der Waals surface area contributed by atoms with Gasteiger partial charge < -0.3 is 0 Å². The first kappa shape index (κ1) is 10.2. The van der Waals surface area contributed by atoms with Crippen LogP contribution >= 0.6 is 11.6 Å². The molecular formula is C14H9ClN2. The molecule has 0 amide bonds. The second-order valence-corrected chi connectivity index (χ2v) is 4.15. The predicted octanol–water partition coefficient (Wildman–Crippen LogP) is 3.95. The maximum absolute atomic E-state index is 5.86. The minimum Gasteiger partial charge on any atom is -0.236 e. The molecule has 0 bridgehead atoms. The van der Waals surface area contributed by atoms with Gasteiger partial charge in [-0.2, -0.15) is 0 Å². The fourth-order valence-electron chi connectivity index (χ4n) is 1.80. The third-order valence-electron chi connectivity index (χ3n) is 2.63. The molecule has 0 radical (unpaired) electrons. The molecule has 3 rings (SSSR count). The molecule has 3 heteroatoms. The van der Waals surface area contributed by atoms with Crippen molar-refractivity contribution in [3.05, 3.63) is 59.9 Å². The summed E-state index contributed by atoms with van der Waals surface area (Å²) in [7, 11) is 0. The lowest BCUT2D eigenvalue weighted by molar-refractivity contribution is 1.18. The van der Waals surface area contributed by atoms with E-state index in [0.717, 1.165) is 5.56 Å². The average Bonchev–Trinajstić information content (AvgIpc) is 2.38. The molecule has 1 heterocycles. The van der Waals surface area contributed by atoms with Crippen LogP contribution < -0.4 is 0 Å². The molecule has 3 aromatic rings. The van der Waals surface area contributed by atoms with E-state index in [1.165, 1.54) is 10.8 Å². The number of rotatable bonds is 1. The number of nitrogens with zero attached hydrogens (tertiary/aromatic N) is 2. The zero-order valence-electron chi connectivity index (χ0n) is 8.97. The van der Waals surface area contributed by atoms with Crippen LogP contribution in [0.25, 0.3) is 22.2 Å². The Bertz CT molecular complexity index is 680. The first-order valence-corrected chi connectivity index (χ1v) is 5.68. The lowest BCUT2D eigenvalue weighted by Gasteiger charge is -2.02. The van der Waals surface area contributed by atoms with Crippen molar-refractivity contribution < 1.29 is 0 Å². The first-order valence-electron chi connectivity index (χ1n) is 5.31. The van der Waals surface area contributed by atoms with Crippen molar-refractivity contribution in [2.75, 3.05) is 0 Å². The molecule has 2 aromatic carbocycles. The minimum atomic E-state index is 0.461. The van der Waals surface area contributed by atoms with E-state index in [9.17, 15) is 0 Å². The molecule has 0 saturated heterocycles. The fraction of sp³-hybridized carbons (Fsp3) is 0. The van der Waals surface area contributed by atoms with Gasteiger partial charge >= 0.3 is 0 Å². The van der Waals surface area contributed by atoms with Gasteiger partial charge in [-0.1, -0.05) is 48.0 Å². The Hall–Kier alpha value is -1.93. The van der Waals surface area contributed by atoms with Crippen molar-refractivity contribution in [3.63, 3.8) is 0 Å². The summed E-state index contributed by atoms with van der Waals surface area (Å²) in [6.45, 7) is 0. The second-order valence-electron chi connectivity index (χ2n) is 3.76. The quantitative estimate of drug-likeness (QED) is 0.602. The summed E-state index contributed by atoms with van der Waals surface area (Å²) in [5.41, 5.74) is 0.978. The van der Waals surface area contributed by atoms with Gasteiger partial charge in [-0.3, -0.25) is 0 Å². The van der Waals surface area contributed by atoms with Gasteiger partial charge in [0.1, 0.15) is 5.15 Å². The van der Waals surface area contributed by atoms with E-state index in [2.05, 4.69) is 34.2 Å². The van der Waals surface area contributed by atoms with Crippen LogP contribution in [0.2, 0.25) is 5.15 Å². The molecule has 0 atom stereocenters. The molecule has 0 fully saturated rings. The van der Waals surface area contributed by atoms with Crippen LogP contribution in [0.5, 0.6) is 0 Å². The van der Waals surface area contributed by atoms with E-state index in [1.807, 2.05) is 18.2 Å². The lowest BCUT2D eigenvalue weighted by Crippen LogP contribution is -1.88. The highest BCUT2D eigenvalue weighted by Gasteiger charge is 2.02. The Morgan fingerprint density at radius 1 is 0.882 bits per heavy atom. The summed E-state index contributed by atoms with van der Waals surface area (Å²) >= 11 is 5.86. The normalized spacial score (nSPS) is 10.6. The monoisotopic (exact) mass is 240 g/mol.